The van der Waals surface area contributed by atoms with Gasteiger partial charge in [-0.15, -0.1) is 0 Å². The van der Waals surface area contributed by atoms with E-state index in [0.717, 1.165) is 43.8 Å². The van der Waals surface area contributed by atoms with Gasteiger partial charge >= 0.3 is 0 Å². The highest BCUT2D eigenvalue weighted by molar-refractivity contribution is 6.00. The Labute approximate surface area is 251 Å². The Kier molecular flexibility index (Phi) is 11.8. The van der Waals surface area contributed by atoms with Crippen molar-refractivity contribution in [1.82, 2.24) is 9.80 Å². The number of likely N-dealkylation sites (N-methyl/N-ethyl adjacent to an activating group) is 1. The van der Waals surface area contributed by atoms with Gasteiger partial charge in [0.05, 0.1) is 36.8 Å². The summed E-state index contributed by atoms with van der Waals surface area (Å²) in [6.07, 6.45) is 5.46. The standard InChI is InChI=1S/C34H49N3O5/c1-24-20-37(25(2)23-38)34(40)30-19-29(35-33(39)18-27-11-6-5-7-12-27)15-16-31(30)42-26(3)10-8-9-17-41-32(24)22-36(4)21-28-13-14-28/h5-7,11-12,15-16,19,24-26,28,32,38H,8-10,13-14,17-18,20-23H2,1-4H3,(H,35,39)/t24-,25+,26-,32-/m1/s1. The van der Waals surface area contributed by atoms with Gasteiger partial charge in [0, 0.05) is 37.8 Å². The first-order chi connectivity index (χ1) is 20.2. The summed E-state index contributed by atoms with van der Waals surface area (Å²) in [6, 6.07) is 14.4. The van der Waals surface area contributed by atoms with Crippen molar-refractivity contribution >= 4 is 17.5 Å². The highest BCUT2D eigenvalue weighted by Crippen LogP contribution is 2.30. The van der Waals surface area contributed by atoms with Crippen molar-refractivity contribution < 1.29 is 24.2 Å². The summed E-state index contributed by atoms with van der Waals surface area (Å²) < 4.78 is 12.8. The molecule has 230 valence electrons. The fraction of sp³-hybridized carbons (Fsp3) is 0.588. The summed E-state index contributed by atoms with van der Waals surface area (Å²) in [5.74, 6) is 0.937. The van der Waals surface area contributed by atoms with Crippen LogP contribution in [-0.2, 0) is 16.0 Å². The van der Waals surface area contributed by atoms with Gasteiger partial charge in [0.25, 0.3) is 5.91 Å². The second-order valence-electron chi connectivity index (χ2n) is 12.4. The first-order valence-electron chi connectivity index (χ1n) is 15.6. The zero-order valence-electron chi connectivity index (χ0n) is 25.8. The van der Waals surface area contributed by atoms with Crippen LogP contribution in [0.5, 0.6) is 5.75 Å². The maximum Gasteiger partial charge on any atom is 0.258 e. The van der Waals surface area contributed by atoms with Gasteiger partial charge in [-0.3, -0.25) is 9.59 Å². The number of amides is 2. The lowest BCUT2D eigenvalue weighted by Gasteiger charge is -2.36. The first-order valence-corrected chi connectivity index (χ1v) is 15.6. The summed E-state index contributed by atoms with van der Waals surface area (Å²) in [5, 5.41) is 13.1. The van der Waals surface area contributed by atoms with Gasteiger partial charge in [-0.05, 0) is 82.7 Å². The van der Waals surface area contributed by atoms with Gasteiger partial charge in [-0.25, -0.2) is 0 Å². The van der Waals surface area contributed by atoms with Crippen molar-refractivity contribution in [2.24, 2.45) is 11.8 Å². The zero-order valence-corrected chi connectivity index (χ0v) is 25.8. The second-order valence-corrected chi connectivity index (χ2v) is 12.4. The minimum absolute atomic E-state index is 0.0327. The van der Waals surface area contributed by atoms with Crippen LogP contribution in [0.15, 0.2) is 48.5 Å². The highest BCUT2D eigenvalue weighted by atomic mass is 16.5. The summed E-state index contributed by atoms with van der Waals surface area (Å²) in [6.45, 7) is 8.83. The molecule has 0 aromatic heterocycles. The molecule has 0 unspecified atom stereocenters. The van der Waals surface area contributed by atoms with Crippen LogP contribution in [0.4, 0.5) is 5.69 Å². The zero-order chi connectivity index (χ0) is 30.1. The number of nitrogens with one attached hydrogen (secondary N) is 1. The third-order valence-corrected chi connectivity index (χ3v) is 8.30. The third-order valence-electron chi connectivity index (χ3n) is 8.30. The molecule has 2 N–H and O–H groups in total. The number of aliphatic hydroxyl groups is 1. The molecule has 0 saturated heterocycles. The fourth-order valence-electron chi connectivity index (χ4n) is 5.57. The maximum atomic E-state index is 14.2. The molecule has 2 aromatic carbocycles. The number of hydrogen-bond acceptors (Lipinski definition) is 6. The molecule has 4 atom stereocenters. The van der Waals surface area contributed by atoms with Crippen molar-refractivity contribution in [3.8, 4) is 5.75 Å². The van der Waals surface area contributed by atoms with Crippen LogP contribution in [0, 0.1) is 11.8 Å². The van der Waals surface area contributed by atoms with E-state index in [2.05, 4.69) is 24.2 Å². The molecule has 0 spiro atoms. The Balaban J connectivity index is 1.59. The summed E-state index contributed by atoms with van der Waals surface area (Å²) >= 11 is 0. The minimum Gasteiger partial charge on any atom is -0.490 e. The van der Waals surface area contributed by atoms with Crippen molar-refractivity contribution in [2.45, 2.75) is 77.5 Å². The molecular weight excluding hydrogens is 530 g/mol. The largest absolute Gasteiger partial charge is 0.490 e. The van der Waals surface area contributed by atoms with Crippen molar-refractivity contribution in [3.63, 3.8) is 0 Å². The van der Waals surface area contributed by atoms with Crippen LogP contribution in [0.25, 0.3) is 0 Å². The number of rotatable bonds is 9. The number of carbonyl (C=O) groups is 2. The number of benzene rings is 2. The van der Waals surface area contributed by atoms with E-state index in [1.807, 2.05) is 44.2 Å². The average Bonchev–Trinajstić information content (AvgIpc) is 3.79. The van der Waals surface area contributed by atoms with E-state index in [4.69, 9.17) is 9.47 Å². The Morgan fingerprint density at radius 1 is 1.10 bits per heavy atom. The van der Waals surface area contributed by atoms with Crippen LogP contribution in [-0.4, -0.2) is 84.9 Å². The monoisotopic (exact) mass is 579 g/mol. The average molecular weight is 580 g/mol. The van der Waals surface area contributed by atoms with E-state index in [-0.39, 0.29) is 43.0 Å². The van der Waals surface area contributed by atoms with E-state index >= 15 is 0 Å². The molecule has 42 heavy (non-hydrogen) atoms. The molecule has 1 saturated carbocycles. The van der Waals surface area contributed by atoms with Crippen LogP contribution < -0.4 is 10.1 Å². The molecule has 8 nitrogen and oxygen atoms in total. The quantitative estimate of drug-likeness (QED) is 0.434. The predicted octanol–water partition coefficient (Wildman–Crippen LogP) is 5.01. The SMILES string of the molecule is C[C@@H]1CCCCO[C@H](CN(C)CC2CC2)[C@H](C)CN([C@@H](C)CO)C(=O)c2cc(NC(=O)Cc3ccccc3)ccc2O1. The fourth-order valence-corrected chi connectivity index (χ4v) is 5.57. The number of ether oxygens (including phenoxy) is 2. The Morgan fingerprint density at radius 2 is 1.86 bits per heavy atom. The molecule has 4 rings (SSSR count). The molecule has 8 heteroatoms. The Bertz CT molecular complexity index is 1160. The number of fused-ring (bicyclic) bond motifs is 1. The molecule has 2 aromatic rings. The first kappa shape index (κ1) is 32.0. The second kappa shape index (κ2) is 15.5. The van der Waals surface area contributed by atoms with E-state index < -0.39 is 6.04 Å². The van der Waals surface area contributed by atoms with Crippen molar-refractivity contribution in [1.29, 1.82) is 0 Å². The minimum atomic E-state index is -0.403. The van der Waals surface area contributed by atoms with Crippen LogP contribution in [0.2, 0.25) is 0 Å². The molecule has 0 radical (unpaired) electrons. The number of aliphatic hydroxyl groups excluding tert-OH is 1. The van der Waals surface area contributed by atoms with E-state index in [9.17, 15) is 14.7 Å². The van der Waals surface area contributed by atoms with Crippen LogP contribution in [0.3, 0.4) is 0 Å². The maximum absolute atomic E-state index is 14.2. The number of hydrogen-bond donors (Lipinski definition) is 2. The van der Waals surface area contributed by atoms with E-state index in [1.165, 1.54) is 12.8 Å². The lowest BCUT2D eigenvalue weighted by molar-refractivity contribution is -0.115. The Morgan fingerprint density at radius 3 is 2.57 bits per heavy atom. The molecule has 1 heterocycles. The lowest BCUT2D eigenvalue weighted by atomic mass is 10.0. The van der Waals surface area contributed by atoms with Gasteiger partial charge in [-0.1, -0.05) is 37.3 Å². The molecule has 1 aliphatic heterocycles. The molecule has 0 bridgehead atoms. The summed E-state index contributed by atoms with van der Waals surface area (Å²) in [7, 11) is 2.15. The van der Waals surface area contributed by atoms with Gasteiger partial charge in [-0.2, -0.15) is 0 Å². The molecule has 1 aliphatic carbocycles. The van der Waals surface area contributed by atoms with Gasteiger partial charge in [0.1, 0.15) is 5.75 Å². The smallest absolute Gasteiger partial charge is 0.258 e. The number of nitrogens with zero attached hydrogens (tertiary/aromatic N) is 2. The summed E-state index contributed by atoms with van der Waals surface area (Å²) in [5.41, 5.74) is 1.83. The molecular formula is C34H49N3O5. The van der Waals surface area contributed by atoms with Gasteiger partial charge in [0.2, 0.25) is 5.91 Å². The Hall–Kier alpha value is -2.94. The van der Waals surface area contributed by atoms with E-state index in [0.29, 0.717) is 30.2 Å². The molecule has 2 aliphatic rings. The summed E-state index contributed by atoms with van der Waals surface area (Å²) in [4.78, 5) is 31.2. The normalized spacial score (nSPS) is 23.0. The topological polar surface area (TPSA) is 91.3 Å². The van der Waals surface area contributed by atoms with E-state index in [1.54, 1.807) is 23.1 Å². The van der Waals surface area contributed by atoms with Gasteiger partial charge < -0.3 is 29.7 Å². The van der Waals surface area contributed by atoms with Crippen molar-refractivity contribution in [3.05, 3.63) is 59.7 Å². The molecule has 2 amide bonds. The third kappa shape index (κ3) is 9.54. The molecule has 1 fully saturated rings. The number of carbonyl (C=O) groups excluding carboxylic acids is 2. The number of anilines is 1. The van der Waals surface area contributed by atoms with Crippen molar-refractivity contribution in [2.75, 3.05) is 45.2 Å². The highest BCUT2D eigenvalue weighted by Gasteiger charge is 2.31. The van der Waals surface area contributed by atoms with Crippen LogP contribution in [0.1, 0.15) is 68.8 Å². The van der Waals surface area contributed by atoms with Gasteiger partial charge in [0.15, 0.2) is 0 Å². The lowest BCUT2D eigenvalue weighted by Crippen LogP contribution is -2.47. The predicted molar refractivity (Wildman–Crippen MR) is 166 cm³/mol. The van der Waals surface area contributed by atoms with Crippen LogP contribution >= 0.6 is 0 Å².